The van der Waals surface area contributed by atoms with E-state index in [1.54, 1.807) is 12.1 Å². The number of anilines is 1. The fourth-order valence-corrected chi connectivity index (χ4v) is 3.17. The molecule has 0 fully saturated rings. The molecule has 3 rings (SSSR count). The Bertz CT molecular complexity index is 1050. The van der Waals surface area contributed by atoms with E-state index in [4.69, 9.17) is 9.94 Å². The quantitative estimate of drug-likeness (QED) is 0.426. The van der Waals surface area contributed by atoms with E-state index >= 15 is 0 Å². The maximum absolute atomic E-state index is 12.1. The number of carboxylic acid groups (broad SMARTS) is 1. The van der Waals surface area contributed by atoms with Crippen LogP contribution in [0, 0.1) is 4.91 Å². The Morgan fingerprint density at radius 3 is 2.66 bits per heavy atom. The number of nitrogens with one attached hydrogen (secondary N) is 1. The molecule has 9 nitrogen and oxygen atoms in total. The van der Waals surface area contributed by atoms with Crippen LogP contribution in [0.25, 0.3) is 22.5 Å². The van der Waals surface area contributed by atoms with Crippen LogP contribution >= 0.6 is 11.8 Å². The fourth-order valence-electron chi connectivity index (χ4n) is 2.66. The van der Waals surface area contributed by atoms with E-state index in [-0.39, 0.29) is 5.75 Å². The van der Waals surface area contributed by atoms with Crippen molar-refractivity contribution in [3.05, 3.63) is 47.4 Å². The molecule has 0 bridgehead atoms. The van der Waals surface area contributed by atoms with Crippen LogP contribution in [0.5, 0.6) is 0 Å². The summed E-state index contributed by atoms with van der Waals surface area (Å²) in [6.45, 7) is 0. The number of aromatic nitrogens is 3. The molecule has 2 aromatic carbocycles. The second kappa shape index (κ2) is 8.74. The highest BCUT2D eigenvalue weighted by Crippen LogP contribution is 2.32. The molecule has 0 atom stereocenters. The maximum Gasteiger partial charge on any atom is 0.318 e. The molecule has 0 aliphatic carbocycles. The van der Waals surface area contributed by atoms with Crippen LogP contribution in [0.4, 0.5) is 11.4 Å². The summed E-state index contributed by atoms with van der Waals surface area (Å²) in [6.07, 6.45) is 0. The maximum atomic E-state index is 12.1. The van der Waals surface area contributed by atoms with Gasteiger partial charge >= 0.3 is 11.7 Å². The lowest BCUT2D eigenvalue weighted by atomic mass is 10.0. The SMILES string of the molecule is CO[N+](=O)c1cc(-c2cccc(N(C)C)c2)cc(-c2nc(SCC(=O)O)n[nH]2)c1. The first kappa shape index (κ1) is 20.3. The topological polar surface area (TPSA) is 111 Å². The molecule has 150 valence electrons. The van der Waals surface area contributed by atoms with Crippen molar-refractivity contribution in [1.29, 1.82) is 0 Å². The lowest BCUT2D eigenvalue weighted by Crippen LogP contribution is -2.08. The van der Waals surface area contributed by atoms with Crippen molar-refractivity contribution >= 4 is 29.1 Å². The summed E-state index contributed by atoms with van der Waals surface area (Å²) in [5.41, 5.74) is 3.66. The summed E-state index contributed by atoms with van der Waals surface area (Å²) in [6, 6.07) is 13.1. The number of H-pyrrole nitrogens is 1. The third-order valence-electron chi connectivity index (χ3n) is 4.05. The Morgan fingerprint density at radius 2 is 1.97 bits per heavy atom. The van der Waals surface area contributed by atoms with Crippen molar-refractivity contribution in [2.45, 2.75) is 5.16 Å². The number of aromatic amines is 1. The summed E-state index contributed by atoms with van der Waals surface area (Å²) in [4.78, 5) is 34.4. The first-order chi connectivity index (χ1) is 13.9. The van der Waals surface area contributed by atoms with E-state index in [0.717, 1.165) is 28.6 Å². The minimum atomic E-state index is -0.950. The van der Waals surface area contributed by atoms with Gasteiger partial charge in [-0.1, -0.05) is 23.9 Å². The number of carboxylic acids is 1. The van der Waals surface area contributed by atoms with E-state index in [2.05, 4.69) is 15.2 Å². The van der Waals surface area contributed by atoms with Gasteiger partial charge in [0.15, 0.2) is 12.9 Å². The Hall–Kier alpha value is -3.40. The summed E-state index contributed by atoms with van der Waals surface area (Å²) >= 11 is 1.01. The molecule has 0 radical (unpaired) electrons. The number of hydrogen-bond acceptors (Lipinski definition) is 7. The van der Waals surface area contributed by atoms with E-state index in [0.29, 0.717) is 27.2 Å². The van der Waals surface area contributed by atoms with Crippen LogP contribution in [0.15, 0.2) is 47.6 Å². The van der Waals surface area contributed by atoms with Crippen LogP contribution in [0.2, 0.25) is 0 Å². The molecular weight excluding hydrogens is 394 g/mol. The second-order valence-electron chi connectivity index (χ2n) is 6.30. The van der Waals surface area contributed by atoms with Gasteiger partial charge in [0.1, 0.15) is 0 Å². The van der Waals surface area contributed by atoms with Crippen LogP contribution in [-0.4, -0.2) is 58.1 Å². The van der Waals surface area contributed by atoms with Gasteiger partial charge in [0.05, 0.1) is 10.7 Å². The molecule has 0 aliphatic heterocycles. The lowest BCUT2D eigenvalue weighted by molar-refractivity contribution is -0.736. The van der Waals surface area contributed by atoms with E-state index in [9.17, 15) is 9.70 Å². The number of carbonyl (C=O) groups is 1. The predicted octanol–water partition coefficient (Wildman–Crippen LogP) is 3.35. The minimum Gasteiger partial charge on any atom is -0.481 e. The molecule has 1 heterocycles. The lowest BCUT2D eigenvalue weighted by Gasteiger charge is -2.13. The zero-order valence-corrected chi connectivity index (χ0v) is 16.9. The Kier molecular flexibility index (Phi) is 6.13. The molecule has 3 aromatic rings. The van der Waals surface area contributed by atoms with Crippen LogP contribution in [0.3, 0.4) is 0 Å². The predicted molar refractivity (Wildman–Crippen MR) is 110 cm³/mol. The van der Waals surface area contributed by atoms with Gasteiger partial charge in [-0.15, -0.1) is 5.10 Å². The molecule has 0 saturated carbocycles. The first-order valence-electron chi connectivity index (χ1n) is 8.59. The monoisotopic (exact) mass is 414 g/mol. The number of thioether (sulfide) groups is 1. The van der Waals surface area contributed by atoms with Gasteiger partial charge in [-0.25, -0.2) is 9.82 Å². The summed E-state index contributed by atoms with van der Waals surface area (Å²) in [5.74, 6) is -0.666. The van der Waals surface area contributed by atoms with Gasteiger partial charge in [-0.05, 0) is 29.3 Å². The fraction of sp³-hybridized carbons (Fsp3) is 0.211. The van der Waals surface area contributed by atoms with Gasteiger partial charge in [-0.2, -0.15) is 0 Å². The van der Waals surface area contributed by atoms with E-state index < -0.39 is 5.97 Å². The average molecular weight is 414 g/mol. The molecule has 0 unspecified atom stereocenters. The van der Waals surface area contributed by atoms with E-state index in [1.165, 1.54) is 7.11 Å². The van der Waals surface area contributed by atoms with Crippen molar-refractivity contribution in [1.82, 2.24) is 15.2 Å². The van der Waals surface area contributed by atoms with E-state index in [1.807, 2.05) is 49.3 Å². The smallest absolute Gasteiger partial charge is 0.318 e. The molecule has 2 N–H and O–H groups in total. The van der Waals surface area contributed by atoms with Crippen LogP contribution in [-0.2, 0) is 9.63 Å². The van der Waals surface area contributed by atoms with Gasteiger partial charge in [-0.3, -0.25) is 9.89 Å². The van der Waals surface area contributed by atoms with Crippen molar-refractivity contribution in [3.8, 4) is 22.5 Å². The number of rotatable bonds is 8. The normalized spacial score (nSPS) is 10.6. The van der Waals surface area contributed by atoms with Crippen LogP contribution in [0.1, 0.15) is 0 Å². The number of aliphatic carboxylic acids is 1. The van der Waals surface area contributed by atoms with Crippen molar-refractivity contribution in [2.75, 3.05) is 31.9 Å². The van der Waals surface area contributed by atoms with Crippen molar-refractivity contribution in [2.24, 2.45) is 0 Å². The standard InChI is InChI=1S/C19H19N5O4S/c1-23(2)15-6-4-5-12(8-15)13-7-14(10-16(9-13)24(27)28-3)18-20-19(22-21-18)29-11-17(25)26/h4-10H,11H2,1-3H3,(H-,20,21,22,25,26)/p+1. The molecule has 29 heavy (non-hydrogen) atoms. The summed E-state index contributed by atoms with van der Waals surface area (Å²) in [5, 5.41) is 15.9. The van der Waals surface area contributed by atoms with Gasteiger partial charge in [0, 0.05) is 37.5 Å². The summed E-state index contributed by atoms with van der Waals surface area (Å²) in [7, 11) is 5.20. The largest absolute Gasteiger partial charge is 0.481 e. The number of nitrogens with zero attached hydrogens (tertiary/aromatic N) is 4. The molecular formula is C19H20N5O4S+. The third-order valence-corrected chi connectivity index (χ3v) is 4.89. The van der Waals surface area contributed by atoms with Gasteiger partial charge < -0.3 is 10.0 Å². The average Bonchev–Trinajstić information content (AvgIpc) is 3.20. The molecule has 0 spiro atoms. The Balaban J connectivity index is 2.04. The van der Waals surface area contributed by atoms with Gasteiger partial charge in [0.2, 0.25) is 5.16 Å². The Morgan fingerprint density at radius 1 is 1.21 bits per heavy atom. The van der Waals surface area contributed by atoms with Crippen LogP contribution < -0.4 is 4.90 Å². The molecule has 10 heteroatoms. The Labute approximate surface area is 171 Å². The summed E-state index contributed by atoms with van der Waals surface area (Å²) < 4.78 is 0. The van der Waals surface area contributed by atoms with Crippen molar-refractivity contribution < 1.29 is 19.7 Å². The van der Waals surface area contributed by atoms with Crippen molar-refractivity contribution in [3.63, 3.8) is 0 Å². The van der Waals surface area contributed by atoms with Gasteiger partial charge in [0.25, 0.3) is 4.92 Å². The molecule has 0 saturated heterocycles. The number of benzene rings is 2. The molecule has 1 aromatic heterocycles. The molecule has 0 aliphatic rings. The highest BCUT2D eigenvalue weighted by molar-refractivity contribution is 7.99. The minimum absolute atomic E-state index is 0.141. The number of hydrogen-bond donors (Lipinski definition) is 2. The molecule has 0 amide bonds. The zero-order chi connectivity index (χ0) is 21.0. The highest BCUT2D eigenvalue weighted by atomic mass is 32.2. The highest BCUT2D eigenvalue weighted by Gasteiger charge is 2.20. The first-order valence-corrected chi connectivity index (χ1v) is 9.57. The second-order valence-corrected chi connectivity index (χ2v) is 7.24. The third kappa shape index (κ3) is 4.91. The zero-order valence-electron chi connectivity index (χ0n) is 16.1.